The first-order valence-electron chi connectivity index (χ1n) is 7.56. The molecule has 0 saturated carbocycles. The standard InChI is InChI=1S/C14H24ClN3O2S/c1-3-14(4-2)5-8-18(9-6-14)21(19,20)13-11-16-17(12-13)10-7-15/h11-12H,3-10H2,1-2H3. The quantitative estimate of drug-likeness (QED) is 0.752. The SMILES string of the molecule is CCC1(CC)CCN(S(=O)(=O)c2cnn(CCCl)c2)CC1. The molecule has 0 atom stereocenters. The van der Waals surface area contributed by atoms with E-state index >= 15 is 0 Å². The van der Waals surface area contributed by atoms with Crippen LogP contribution in [0.4, 0.5) is 0 Å². The van der Waals surface area contributed by atoms with Gasteiger partial charge in [0.15, 0.2) is 0 Å². The van der Waals surface area contributed by atoms with E-state index < -0.39 is 10.0 Å². The molecule has 21 heavy (non-hydrogen) atoms. The Morgan fingerprint density at radius 1 is 1.29 bits per heavy atom. The van der Waals surface area contributed by atoms with Gasteiger partial charge in [-0.2, -0.15) is 9.40 Å². The molecule has 1 saturated heterocycles. The number of aryl methyl sites for hydroxylation is 1. The topological polar surface area (TPSA) is 55.2 Å². The zero-order valence-electron chi connectivity index (χ0n) is 12.8. The molecule has 0 spiro atoms. The van der Waals surface area contributed by atoms with Gasteiger partial charge in [-0.3, -0.25) is 4.68 Å². The van der Waals surface area contributed by atoms with Crippen molar-refractivity contribution in [2.24, 2.45) is 5.41 Å². The van der Waals surface area contributed by atoms with E-state index in [9.17, 15) is 8.42 Å². The van der Waals surface area contributed by atoms with Crippen LogP contribution < -0.4 is 0 Å². The number of piperidine rings is 1. The summed E-state index contributed by atoms with van der Waals surface area (Å²) >= 11 is 5.65. The van der Waals surface area contributed by atoms with Gasteiger partial charge in [0.25, 0.3) is 0 Å². The Balaban J connectivity index is 2.10. The van der Waals surface area contributed by atoms with Gasteiger partial charge in [-0.25, -0.2) is 8.42 Å². The van der Waals surface area contributed by atoms with Crippen molar-refractivity contribution in [2.75, 3.05) is 19.0 Å². The second-order valence-electron chi connectivity index (χ2n) is 5.74. The fraction of sp³-hybridized carbons (Fsp3) is 0.786. The van der Waals surface area contributed by atoms with Crippen molar-refractivity contribution in [3.8, 4) is 0 Å². The second kappa shape index (κ2) is 6.67. The molecule has 2 rings (SSSR count). The van der Waals surface area contributed by atoms with E-state index in [2.05, 4.69) is 18.9 Å². The molecule has 0 aliphatic carbocycles. The Morgan fingerprint density at radius 3 is 2.43 bits per heavy atom. The Kier molecular flexibility index (Phi) is 5.33. The van der Waals surface area contributed by atoms with Gasteiger partial charge < -0.3 is 0 Å². The number of sulfonamides is 1. The van der Waals surface area contributed by atoms with Gasteiger partial charge in [0.1, 0.15) is 4.90 Å². The van der Waals surface area contributed by atoms with Crippen LogP contribution in [0, 0.1) is 5.41 Å². The number of rotatable bonds is 6. The van der Waals surface area contributed by atoms with E-state index in [0.29, 0.717) is 30.9 Å². The molecular weight excluding hydrogens is 310 g/mol. The lowest BCUT2D eigenvalue weighted by Gasteiger charge is -2.40. The van der Waals surface area contributed by atoms with E-state index in [-0.39, 0.29) is 4.90 Å². The van der Waals surface area contributed by atoms with Crippen LogP contribution in [0.1, 0.15) is 39.5 Å². The van der Waals surface area contributed by atoms with Crippen LogP contribution in [0.5, 0.6) is 0 Å². The molecule has 1 aromatic heterocycles. The van der Waals surface area contributed by atoms with Gasteiger partial charge in [-0.05, 0) is 18.3 Å². The number of hydrogen-bond acceptors (Lipinski definition) is 3. The highest BCUT2D eigenvalue weighted by Crippen LogP contribution is 2.39. The molecular formula is C14H24ClN3O2S. The third-order valence-corrected chi connectivity index (χ3v) is 6.86. The van der Waals surface area contributed by atoms with Crippen molar-refractivity contribution in [1.29, 1.82) is 0 Å². The van der Waals surface area contributed by atoms with Crippen LogP contribution in [0.15, 0.2) is 17.3 Å². The molecule has 1 aliphatic heterocycles. The third kappa shape index (κ3) is 3.43. The summed E-state index contributed by atoms with van der Waals surface area (Å²) in [5.74, 6) is 0.417. The highest BCUT2D eigenvalue weighted by atomic mass is 35.5. The molecule has 0 bridgehead atoms. The molecule has 1 fully saturated rings. The summed E-state index contributed by atoms with van der Waals surface area (Å²) in [6, 6.07) is 0. The summed E-state index contributed by atoms with van der Waals surface area (Å²) in [6.07, 6.45) is 7.10. The van der Waals surface area contributed by atoms with Gasteiger partial charge in [-0.1, -0.05) is 26.7 Å². The van der Waals surface area contributed by atoms with E-state index in [1.54, 1.807) is 15.2 Å². The molecule has 0 N–H and O–H groups in total. The first-order valence-corrected chi connectivity index (χ1v) is 9.53. The largest absolute Gasteiger partial charge is 0.270 e. The van der Waals surface area contributed by atoms with Crippen molar-refractivity contribution in [1.82, 2.24) is 14.1 Å². The van der Waals surface area contributed by atoms with Crippen LogP contribution in [0.3, 0.4) is 0 Å². The van der Waals surface area contributed by atoms with Crippen LogP contribution >= 0.6 is 11.6 Å². The summed E-state index contributed by atoms with van der Waals surface area (Å²) in [7, 11) is -3.42. The molecule has 0 unspecified atom stereocenters. The Morgan fingerprint density at radius 2 is 1.90 bits per heavy atom. The predicted octanol–water partition coefficient (Wildman–Crippen LogP) is 2.71. The molecule has 1 aliphatic rings. The zero-order valence-corrected chi connectivity index (χ0v) is 14.3. The summed E-state index contributed by atoms with van der Waals surface area (Å²) in [5.41, 5.74) is 0.314. The lowest BCUT2D eigenvalue weighted by Crippen LogP contribution is -2.42. The van der Waals surface area contributed by atoms with Gasteiger partial charge in [0.2, 0.25) is 10.0 Å². The van der Waals surface area contributed by atoms with E-state index in [0.717, 1.165) is 25.7 Å². The Labute approximate surface area is 132 Å². The van der Waals surface area contributed by atoms with Gasteiger partial charge in [-0.15, -0.1) is 11.6 Å². The van der Waals surface area contributed by atoms with Crippen molar-refractivity contribution >= 4 is 21.6 Å². The Hall–Kier alpha value is -0.590. The van der Waals surface area contributed by atoms with E-state index in [1.165, 1.54) is 6.20 Å². The first-order chi connectivity index (χ1) is 9.97. The molecule has 7 heteroatoms. The number of halogens is 1. The maximum Gasteiger partial charge on any atom is 0.246 e. The minimum absolute atomic E-state index is 0.271. The fourth-order valence-corrected chi connectivity index (χ4v) is 4.56. The zero-order chi connectivity index (χ0) is 15.5. The number of alkyl halides is 1. The first kappa shape index (κ1) is 16.8. The van der Waals surface area contributed by atoms with Crippen LogP contribution in [-0.2, 0) is 16.6 Å². The van der Waals surface area contributed by atoms with Crippen LogP contribution in [0.2, 0.25) is 0 Å². The minimum Gasteiger partial charge on any atom is -0.270 e. The van der Waals surface area contributed by atoms with Crippen molar-refractivity contribution in [3.05, 3.63) is 12.4 Å². The van der Waals surface area contributed by atoms with Gasteiger partial charge >= 0.3 is 0 Å². The van der Waals surface area contributed by atoms with E-state index in [1.807, 2.05) is 0 Å². The van der Waals surface area contributed by atoms with Crippen molar-refractivity contribution < 1.29 is 8.42 Å². The fourth-order valence-electron chi connectivity index (χ4n) is 2.99. The number of aromatic nitrogens is 2. The molecule has 0 amide bonds. The molecule has 120 valence electrons. The monoisotopic (exact) mass is 333 g/mol. The lowest BCUT2D eigenvalue weighted by molar-refractivity contribution is 0.141. The summed E-state index contributed by atoms with van der Waals surface area (Å²) in [6.45, 7) is 6.12. The summed E-state index contributed by atoms with van der Waals surface area (Å²) in [5, 5.41) is 4.05. The second-order valence-corrected chi connectivity index (χ2v) is 8.06. The van der Waals surface area contributed by atoms with Crippen LogP contribution in [0.25, 0.3) is 0 Å². The third-order valence-electron chi connectivity index (χ3n) is 4.84. The summed E-state index contributed by atoms with van der Waals surface area (Å²) < 4.78 is 28.4. The molecule has 1 aromatic rings. The molecule has 5 nitrogen and oxygen atoms in total. The molecule has 0 aromatic carbocycles. The maximum atomic E-state index is 12.6. The normalized spacial score (nSPS) is 19.8. The average molecular weight is 334 g/mol. The van der Waals surface area contributed by atoms with Crippen molar-refractivity contribution in [3.63, 3.8) is 0 Å². The molecule has 0 radical (unpaired) electrons. The summed E-state index contributed by atoms with van der Waals surface area (Å²) in [4.78, 5) is 0.271. The van der Waals surface area contributed by atoms with Crippen molar-refractivity contribution in [2.45, 2.75) is 51.0 Å². The highest BCUT2D eigenvalue weighted by Gasteiger charge is 2.36. The predicted molar refractivity (Wildman–Crippen MR) is 84.0 cm³/mol. The van der Waals surface area contributed by atoms with E-state index in [4.69, 9.17) is 11.6 Å². The van der Waals surface area contributed by atoms with Gasteiger partial charge in [0.05, 0.1) is 12.7 Å². The highest BCUT2D eigenvalue weighted by molar-refractivity contribution is 7.89. The minimum atomic E-state index is -3.42. The Bertz CT molecular complexity index is 557. The average Bonchev–Trinajstić information content (AvgIpc) is 2.97. The molecule has 2 heterocycles. The van der Waals surface area contributed by atoms with Crippen LogP contribution in [-0.4, -0.2) is 41.5 Å². The smallest absolute Gasteiger partial charge is 0.246 e. The number of hydrogen-bond donors (Lipinski definition) is 0. The number of nitrogens with zero attached hydrogens (tertiary/aromatic N) is 3. The van der Waals surface area contributed by atoms with Gasteiger partial charge in [0, 0.05) is 25.2 Å². The maximum absolute atomic E-state index is 12.6. The lowest BCUT2D eigenvalue weighted by atomic mass is 9.75.